The molecule has 0 fully saturated rings. The van der Waals surface area contributed by atoms with Crippen LogP contribution >= 0.6 is 35.0 Å². The van der Waals surface area contributed by atoms with Crippen molar-refractivity contribution in [3.63, 3.8) is 0 Å². The van der Waals surface area contributed by atoms with Gasteiger partial charge in [-0.3, -0.25) is 4.72 Å². The third-order valence-corrected chi connectivity index (χ3v) is 4.25. The fraction of sp³-hybridized carbons (Fsp3) is 0.500. The first kappa shape index (κ1) is 13.5. The molecule has 1 aromatic rings. The van der Waals surface area contributed by atoms with Crippen molar-refractivity contribution in [2.24, 2.45) is 0 Å². The van der Waals surface area contributed by atoms with Crippen molar-refractivity contribution in [2.45, 2.75) is 5.75 Å². The molecule has 0 spiro atoms. The molecule has 16 heavy (non-hydrogen) atoms. The van der Waals surface area contributed by atoms with E-state index in [0.717, 1.165) is 23.0 Å². The highest BCUT2D eigenvalue weighted by atomic mass is 32.2. The lowest BCUT2D eigenvalue weighted by atomic mass is 10.6. The zero-order valence-electron chi connectivity index (χ0n) is 8.86. The summed E-state index contributed by atoms with van der Waals surface area (Å²) >= 11 is 4.64. The van der Waals surface area contributed by atoms with Crippen molar-refractivity contribution in [1.29, 1.82) is 0 Å². The number of rotatable bonds is 6. The first-order valence-electron chi connectivity index (χ1n) is 4.59. The Morgan fingerprint density at radius 1 is 1.62 bits per heavy atom. The third kappa shape index (κ3) is 5.47. The highest BCUT2D eigenvalue weighted by Crippen LogP contribution is 2.17. The van der Waals surface area contributed by atoms with Gasteiger partial charge in [-0.25, -0.2) is 9.78 Å². The summed E-state index contributed by atoms with van der Waals surface area (Å²) in [5.41, 5.74) is 6.54. The predicted molar refractivity (Wildman–Crippen MR) is 72.7 cm³/mol. The van der Waals surface area contributed by atoms with Crippen LogP contribution in [0, 0.1) is 0 Å². The number of carbonyl (C=O) groups is 1. The van der Waals surface area contributed by atoms with Crippen molar-refractivity contribution in [2.75, 3.05) is 24.3 Å². The Balaban J connectivity index is 1.98. The Kier molecular flexibility index (Phi) is 6.43. The number of anilines is 1. The second-order valence-electron chi connectivity index (χ2n) is 2.76. The number of hydrogen-bond donors (Lipinski definition) is 3. The van der Waals surface area contributed by atoms with E-state index in [9.17, 15) is 4.79 Å². The van der Waals surface area contributed by atoms with E-state index in [4.69, 9.17) is 5.73 Å². The number of nitrogens with zero attached hydrogens (tertiary/aromatic N) is 1. The number of hydrogen-bond acceptors (Lipinski definition) is 6. The molecule has 0 atom stereocenters. The van der Waals surface area contributed by atoms with E-state index in [0.29, 0.717) is 5.13 Å². The number of aromatic nitrogens is 1. The Morgan fingerprint density at radius 2 is 2.44 bits per heavy atom. The smallest absolute Gasteiger partial charge is 0.324 e. The second-order valence-corrected chi connectivity index (χ2v) is 5.66. The van der Waals surface area contributed by atoms with Gasteiger partial charge < -0.3 is 11.1 Å². The Labute approximate surface area is 107 Å². The summed E-state index contributed by atoms with van der Waals surface area (Å²) in [4.78, 5) is 15.0. The van der Waals surface area contributed by atoms with E-state index in [-0.39, 0.29) is 6.03 Å². The van der Waals surface area contributed by atoms with E-state index in [1.54, 1.807) is 18.8 Å². The maximum Gasteiger partial charge on any atom is 0.324 e. The molecule has 0 aliphatic rings. The van der Waals surface area contributed by atoms with Gasteiger partial charge in [0.2, 0.25) is 0 Å². The molecule has 0 aliphatic carbocycles. The largest absolute Gasteiger partial charge is 0.375 e. The van der Waals surface area contributed by atoms with Crippen LogP contribution in [-0.4, -0.2) is 29.6 Å². The highest BCUT2D eigenvalue weighted by Gasteiger charge is 1.99. The fourth-order valence-corrected chi connectivity index (χ4v) is 3.14. The number of thioether (sulfide) groups is 1. The second kappa shape index (κ2) is 7.64. The minimum absolute atomic E-state index is 0.165. The van der Waals surface area contributed by atoms with Gasteiger partial charge in [-0.2, -0.15) is 11.8 Å². The maximum atomic E-state index is 10.8. The molecular weight excluding hydrogens is 264 g/mol. The van der Waals surface area contributed by atoms with Crippen LogP contribution in [0.2, 0.25) is 0 Å². The molecule has 4 N–H and O–H groups in total. The Morgan fingerprint density at radius 3 is 3.06 bits per heavy atom. The summed E-state index contributed by atoms with van der Waals surface area (Å²) in [6, 6.07) is -0.165. The molecular formula is C8H14N4OS3. The van der Waals surface area contributed by atoms with Gasteiger partial charge in [-0.1, -0.05) is 0 Å². The number of carbonyl (C=O) groups excluding carboxylic acids is 1. The normalized spacial score (nSPS) is 10.1. The molecule has 1 aromatic heterocycles. The molecule has 5 nitrogen and oxygen atoms in total. The minimum Gasteiger partial charge on any atom is -0.375 e. The molecule has 2 amide bonds. The zero-order valence-corrected chi connectivity index (χ0v) is 11.3. The van der Waals surface area contributed by atoms with Crippen molar-refractivity contribution in [1.82, 2.24) is 15.0 Å². The van der Waals surface area contributed by atoms with E-state index in [1.165, 1.54) is 23.3 Å². The van der Waals surface area contributed by atoms with Gasteiger partial charge >= 0.3 is 6.03 Å². The molecule has 1 rings (SSSR count). The molecule has 0 saturated carbocycles. The summed E-state index contributed by atoms with van der Waals surface area (Å²) in [7, 11) is 1.59. The molecule has 0 aliphatic heterocycles. The first-order valence-corrected chi connectivity index (χ1v) is 7.61. The molecule has 8 heteroatoms. The van der Waals surface area contributed by atoms with Crippen molar-refractivity contribution < 1.29 is 4.79 Å². The van der Waals surface area contributed by atoms with Crippen LogP contribution in [0.5, 0.6) is 0 Å². The molecule has 0 unspecified atom stereocenters. The SMILES string of the molecule is CNC(=O)NSCCSCc1csc(N)n1. The Bertz CT molecular complexity index is 331. The predicted octanol–water partition coefficient (Wildman–Crippen LogP) is 1.54. The van der Waals surface area contributed by atoms with Crippen LogP contribution in [0.15, 0.2) is 5.38 Å². The lowest BCUT2D eigenvalue weighted by molar-refractivity contribution is 0.248. The number of nitrogens with two attached hydrogens (primary N) is 1. The van der Waals surface area contributed by atoms with Gasteiger partial charge in [0.25, 0.3) is 0 Å². The number of urea groups is 1. The van der Waals surface area contributed by atoms with E-state index in [1.807, 2.05) is 5.38 Å². The average molecular weight is 278 g/mol. The molecule has 0 radical (unpaired) electrons. The summed E-state index contributed by atoms with van der Waals surface area (Å²) in [5, 5.41) is 5.07. The van der Waals surface area contributed by atoms with Crippen LogP contribution in [0.4, 0.5) is 9.93 Å². The highest BCUT2D eigenvalue weighted by molar-refractivity contribution is 8.01. The molecule has 0 bridgehead atoms. The van der Waals surface area contributed by atoms with Crippen LogP contribution in [0.3, 0.4) is 0 Å². The molecule has 90 valence electrons. The summed E-state index contributed by atoms with van der Waals surface area (Å²) in [6.45, 7) is 0. The number of thiazole rings is 1. The summed E-state index contributed by atoms with van der Waals surface area (Å²) in [5.74, 6) is 2.71. The van der Waals surface area contributed by atoms with Gasteiger partial charge in [0.1, 0.15) is 0 Å². The van der Waals surface area contributed by atoms with Gasteiger partial charge in [-0.05, 0) is 11.9 Å². The summed E-state index contributed by atoms with van der Waals surface area (Å²) < 4.78 is 2.65. The molecule has 0 saturated heterocycles. The van der Waals surface area contributed by atoms with Crippen LogP contribution in [-0.2, 0) is 5.75 Å². The fourth-order valence-electron chi connectivity index (χ4n) is 0.834. The van der Waals surface area contributed by atoms with Gasteiger partial charge in [0.05, 0.1) is 5.69 Å². The quantitative estimate of drug-likeness (QED) is 0.543. The lowest BCUT2D eigenvalue weighted by Gasteiger charge is -2.02. The van der Waals surface area contributed by atoms with E-state index >= 15 is 0 Å². The first-order chi connectivity index (χ1) is 7.72. The standard InChI is InChI=1S/C8H14N4OS3/c1-10-8(13)12-16-3-2-14-4-6-5-15-7(9)11-6/h5H,2-4H2,1H3,(H2,9,11)(H2,10,12,13). The van der Waals surface area contributed by atoms with Crippen LogP contribution < -0.4 is 15.8 Å². The number of nitrogens with one attached hydrogen (secondary N) is 2. The van der Waals surface area contributed by atoms with E-state index in [2.05, 4.69) is 15.0 Å². The molecule has 0 aromatic carbocycles. The van der Waals surface area contributed by atoms with E-state index < -0.39 is 0 Å². The van der Waals surface area contributed by atoms with Gasteiger partial charge in [0.15, 0.2) is 5.13 Å². The minimum atomic E-state index is -0.165. The van der Waals surface area contributed by atoms with Crippen LogP contribution in [0.25, 0.3) is 0 Å². The van der Waals surface area contributed by atoms with Gasteiger partial charge in [-0.15, -0.1) is 11.3 Å². The Hall–Kier alpha value is -0.600. The van der Waals surface area contributed by atoms with Crippen molar-refractivity contribution in [3.05, 3.63) is 11.1 Å². The monoisotopic (exact) mass is 278 g/mol. The lowest BCUT2D eigenvalue weighted by Crippen LogP contribution is -2.27. The molecule has 1 heterocycles. The van der Waals surface area contributed by atoms with Crippen molar-refractivity contribution >= 4 is 46.2 Å². The number of amides is 2. The number of nitrogen functional groups attached to an aromatic ring is 1. The topological polar surface area (TPSA) is 80.0 Å². The average Bonchev–Trinajstić information content (AvgIpc) is 2.69. The maximum absolute atomic E-state index is 10.8. The van der Waals surface area contributed by atoms with Crippen molar-refractivity contribution in [3.8, 4) is 0 Å². The van der Waals surface area contributed by atoms with Crippen LogP contribution in [0.1, 0.15) is 5.69 Å². The third-order valence-electron chi connectivity index (χ3n) is 1.54. The zero-order chi connectivity index (χ0) is 11.8. The summed E-state index contributed by atoms with van der Waals surface area (Å²) in [6.07, 6.45) is 0. The van der Waals surface area contributed by atoms with Gasteiger partial charge in [0, 0.05) is 29.7 Å².